The Morgan fingerprint density at radius 1 is 0.625 bits per heavy atom. The third-order valence-electron chi connectivity index (χ3n) is 4.31. The molecule has 3 rings (SSSR count). The molecular weight excluding hydrogens is 316 g/mol. The highest BCUT2D eigenvalue weighted by molar-refractivity contribution is 7.91. The summed E-state index contributed by atoms with van der Waals surface area (Å²) in [6.07, 6.45) is 0. The predicted molar refractivity (Wildman–Crippen MR) is 97.7 cm³/mol. The summed E-state index contributed by atoms with van der Waals surface area (Å²) in [6, 6.07) is 28.0. The van der Waals surface area contributed by atoms with Gasteiger partial charge in [-0.05, 0) is 23.3 Å². The van der Waals surface area contributed by atoms with E-state index < -0.39 is 15.1 Å². The van der Waals surface area contributed by atoms with E-state index in [4.69, 9.17) is 0 Å². The fourth-order valence-corrected chi connectivity index (χ4v) is 5.11. The number of rotatable bonds is 5. The molecule has 3 heteroatoms. The van der Waals surface area contributed by atoms with Gasteiger partial charge in [0.2, 0.25) is 0 Å². The Morgan fingerprint density at radius 3 is 1.54 bits per heavy atom. The number of hydrogen-bond acceptors (Lipinski definition) is 2. The Hall–Kier alpha value is -2.39. The van der Waals surface area contributed by atoms with Crippen LogP contribution in [0.25, 0.3) is 0 Å². The van der Waals surface area contributed by atoms with E-state index >= 15 is 0 Å². The van der Waals surface area contributed by atoms with Crippen molar-refractivity contribution in [2.75, 3.05) is 0 Å². The first-order chi connectivity index (χ1) is 11.6. The lowest BCUT2D eigenvalue weighted by molar-refractivity contribution is 0.566. The van der Waals surface area contributed by atoms with Gasteiger partial charge in [0, 0.05) is 5.92 Å². The zero-order chi connectivity index (χ0) is 17.0. The molecule has 24 heavy (non-hydrogen) atoms. The van der Waals surface area contributed by atoms with Crippen LogP contribution in [-0.2, 0) is 9.84 Å². The lowest BCUT2D eigenvalue weighted by Crippen LogP contribution is -2.19. The number of sulfone groups is 1. The van der Waals surface area contributed by atoms with Crippen LogP contribution in [0.1, 0.15) is 29.2 Å². The highest BCUT2D eigenvalue weighted by atomic mass is 32.2. The van der Waals surface area contributed by atoms with Crippen molar-refractivity contribution < 1.29 is 8.42 Å². The molecule has 0 aliphatic carbocycles. The van der Waals surface area contributed by atoms with E-state index in [0.717, 1.165) is 11.1 Å². The molecule has 0 amide bonds. The fourth-order valence-electron chi connectivity index (χ4n) is 3.07. The second-order valence-electron chi connectivity index (χ2n) is 5.89. The van der Waals surface area contributed by atoms with Crippen LogP contribution < -0.4 is 0 Å². The topological polar surface area (TPSA) is 34.1 Å². The van der Waals surface area contributed by atoms with Gasteiger partial charge in [0.15, 0.2) is 9.84 Å². The van der Waals surface area contributed by atoms with Crippen LogP contribution >= 0.6 is 0 Å². The van der Waals surface area contributed by atoms with Gasteiger partial charge in [0.05, 0.1) is 10.1 Å². The number of benzene rings is 3. The maximum Gasteiger partial charge on any atom is 0.185 e. The summed E-state index contributed by atoms with van der Waals surface area (Å²) in [5, 5.41) is -0.622. The van der Waals surface area contributed by atoms with E-state index in [2.05, 4.69) is 0 Å². The van der Waals surface area contributed by atoms with Crippen molar-refractivity contribution in [1.82, 2.24) is 0 Å². The molecule has 0 spiro atoms. The molecule has 0 aliphatic rings. The van der Waals surface area contributed by atoms with Crippen molar-refractivity contribution in [2.24, 2.45) is 0 Å². The molecule has 0 aromatic heterocycles. The van der Waals surface area contributed by atoms with Crippen molar-refractivity contribution in [3.63, 3.8) is 0 Å². The van der Waals surface area contributed by atoms with Crippen LogP contribution in [0.15, 0.2) is 95.9 Å². The smallest absolute Gasteiger partial charge is 0.185 e. The van der Waals surface area contributed by atoms with E-state index in [0.29, 0.717) is 4.90 Å². The van der Waals surface area contributed by atoms with Gasteiger partial charge in [-0.3, -0.25) is 0 Å². The number of hydrogen-bond donors (Lipinski definition) is 0. The molecule has 0 bridgehead atoms. The summed E-state index contributed by atoms with van der Waals surface area (Å²) in [5.74, 6) is -0.154. The van der Waals surface area contributed by atoms with Gasteiger partial charge in [-0.1, -0.05) is 85.8 Å². The monoisotopic (exact) mass is 336 g/mol. The summed E-state index contributed by atoms with van der Waals surface area (Å²) >= 11 is 0. The molecule has 0 heterocycles. The van der Waals surface area contributed by atoms with E-state index in [1.54, 1.807) is 24.3 Å². The fraction of sp³-hybridized carbons (Fsp3) is 0.143. The maximum atomic E-state index is 13.3. The molecule has 0 fully saturated rings. The molecule has 3 aromatic rings. The largest absolute Gasteiger partial charge is 0.223 e. The van der Waals surface area contributed by atoms with Gasteiger partial charge in [-0.25, -0.2) is 8.42 Å². The Kier molecular flexibility index (Phi) is 4.81. The van der Waals surface area contributed by atoms with E-state index in [-0.39, 0.29) is 5.92 Å². The van der Waals surface area contributed by atoms with Gasteiger partial charge in [0.25, 0.3) is 0 Å². The zero-order valence-corrected chi connectivity index (χ0v) is 14.4. The molecular formula is C21H20O2S. The van der Waals surface area contributed by atoms with Gasteiger partial charge in [0.1, 0.15) is 0 Å². The molecule has 0 saturated carbocycles. The lowest BCUT2D eigenvalue weighted by Gasteiger charge is -2.25. The van der Waals surface area contributed by atoms with Gasteiger partial charge in [-0.15, -0.1) is 0 Å². The van der Waals surface area contributed by atoms with Crippen LogP contribution in [0.5, 0.6) is 0 Å². The summed E-state index contributed by atoms with van der Waals surface area (Å²) < 4.78 is 26.7. The third kappa shape index (κ3) is 3.26. The van der Waals surface area contributed by atoms with Crippen molar-refractivity contribution in [3.8, 4) is 0 Å². The van der Waals surface area contributed by atoms with Gasteiger partial charge < -0.3 is 0 Å². The predicted octanol–water partition coefficient (Wildman–Crippen LogP) is 5.01. The Bertz CT molecular complexity index is 873. The quantitative estimate of drug-likeness (QED) is 0.656. The molecule has 0 N–H and O–H groups in total. The molecule has 2 nitrogen and oxygen atoms in total. The van der Waals surface area contributed by atoms with Crippen LogP contribution in [0, 0.1) is 0 Å². The zero-order valence-electron chi connectivity index (χ0n) is 13.5. The molecule has 2 atom stereocenters. The van der Waals surface area contributed by atoms with E-state index in [9.17, 15) is 8.42 Å². The van der Waals surface area contributed by atoms with Gasteiger partial charge >= 0.3 is 0 Å². The van der Waals surface area contributed by atoms with E-state index in [1.165, 1.54) is 0 Å². The average Bonchev–Trinajstić information content (AvgIpc) is 2.64. The lowest BCUT2D eigenvalue weighted by atomic mass is 9.93. The highest BCUT2D eigenvalue weighted by Gasteiger charge is 2.34. The molecule has 0 saturated heterocycles. The second kappa shape index (κ2) is 7.02. The standard InChI is InChI=1S/C21H20O2S/c1-17(18-11-5-2-6-12-18)21(19-13-7-3-8-14-19)24(22,23)20-15-9-4-10-16-20/h2-17,21H,1H3/t17-,21?/m1/s1. The first-order valence-corrected chi connectivity index (χ1v) is 9.54. The van der Waals surface area contributed by atoms with Crippen molar-refractivity contribution in [2.45, 2.75) is 23.0 Å². The minimum Gasteiger partial charge on any atom is -0.223 e. The Morgan fingerprint density at radius 2 is 1.04 bits per heavy atom. The van der Waals surface area contributed by atoms with Crippen LogP contribution in [-0.4, -0.2) is 8.42 Å². The van der Waals surface area contributed by atoms with Crippen LogP contribution in [0.3, 0.4) is 0 Å². The SMILES string of the molecule is C[C@H](c1ccccc1)C(c1ccccc1)S(=O)(=O)c1ccccc1. The minimum absolute atomic E-state index is 0.154. The van der Waals surface area contributed by atoms with Crippen molar-refractivity contribution in [1.29, 1.82) is 0 Å². The summed E-state index contributed by atoms with van der Waals surface area (Å²) in [6.45, 7) is 1.98. The Labute approximate surface area is 143 Å². The third-order valence-corrected chi connectivity index (χ3v) is 6.59. The second-order valence-corrected chi connectivity index (χ2v) is 7.96. The Balaban J connectivity index is 2.13. The van der Waals surface area contributed by atoms with Crippen molar-refractivity contribution in [3.05, 3.63) is 102 Å². The van der Waals surface area contributed by atoms with Crippen molar-refractivity contribution >= 4 is 9.84 Å². The minimum atomic E-state index is -3.50. The molecule has 1 unspecified atom stereocenters. The molecule has 0 aliphatic heterocycles. The summed E-state index contributed by atoms with van der Waals surface area (Å²) in [5.41, 5.74) is 1.84. The summed E-state index contributed by atoms with van der Waals surface area (Å²) in [7, 11) is -3.50. The maximum absolute atomic E-state index is 13.3. The van der Waals surface area contributed by atoms with Crippen LogP contribution in [0.4, 0.5) is 0 Å². The van der Waals surface area contributed by atoms with E-state index in [1.807, 2.05) is 73.7 Å². The molecule has 122 valence electrons. The summed E-state index contributed by atoms with van der Waals surface area (Å²) in [4.78, 5) is 0.363. The van der Waals surface area contributed by atoms with Gasteiger partial charge in [-0.2, -0.15) is 0 Å². The average molecular weight is 336 g/mol. The first-order valence-electron chi connectivity index (χ1n) is 7.99. The van der Waals surface area contributed by atoms with Crippen LogP contribution in [0.2, 0.25) is 0 Å². The highest BCUT2D eigenvalue weighted by Crippen LogP contribution is 2.40. The molecule has 0 radical (unpaired) electrons. The first kappa shape index (κ1) is 16.5. The molecule has 3 aromatic carbocycles. The normalized spacial score (nSPS) is 14.0.